The third-order valence-electron chi connectivity index (χ3n) is 2.42. The number of rotatable bonds is 3. The number of nitrogen functional groups attached to an aromatic ring is 1. The van der Waals surface area contributed by atoms with Crippen LogP contribution in [0.5, 0.6) is 0 Å². The van der Waals surface area contributed by atoms with Crippen molar-refractivity contribution in [2.75, 3.05) is 24.2 Å². The van der Waals surface area contributed by atoms with Crippen LogP contribution in [0.25, 0.3) is 0 Å². The smallest absolute Gasteiger partial charge is 0.133 e. The molecule has 0 amide bonds. The molecule has 0 atom stereocenters. The number of aromatic nitrogens is 1. The van der Waals surface area contributed by atoms with Gasteiger partial charge in [0.2, 0.25) is 0 Å². The zero-order chi connectivity index (χ0) is 10.1. The van der Waals surface area contributed by atoms with Crippen LogP contribution in [-0.2, 0) is 0 Å². The van der Waals surface area contributed by atoms with Gasteiger partial charge in [-0.05, 0) is 24.8 Å². The lowest BCUT2D eigenvalue weighted by Crippen LogP contribution is -2.21. The molecule has 2 rings (SSSR count). The van der Waals surface area contributed by atoms with Crippen molar-refractivity contribution >= 4 is 23.1 Å². The zero-order valence-corrected chi connectivity index (χ0v) is 8.96. The first-order valence-electron chi connectivity index (χ1n) is 4.79. The summed E-state index contributed by atoms with van der Waals surface area (Å²) in [6.07, 6.45) is 2.67. The number of hydrogen-bond acceptors (Lipinski definition) is 3. The minimum atomic E-state index is 0.461. The Bertz CT molecular complexity index is 316. The number of nitrogens with zero attached hydrogens (tertiary/aromatic N) is 2. The Morgan fingerprint density at radius 2 is 2.29 bits per heavy atom. The van der Waals surface area contributed by atoms with E-state index in [0.717, 1.165) is 18.3 Å². The van der Waals surface area contributed by atoms with Crippen molar-refractivity contribution in [3.63, 3.8) is 0 Å². The molecule has 1 aliphatic carbocycles. The first-order chi connectivity index (χ1) is 6.65. The van der Waals surface area contributed by atoms with Crippen LogP contribution < -0.4 is 10.6 Å². The van der Waals surface area contributed by atoms with Gasteiger partial charge in [0, 0.05) is 25.3 Å². The molecule has 0 unspecified atom stereocenters. The Hall–Kier alpha value is -0.960. The summed E-state index contributed by atoms with van der Waals surface area (Å²) >= 11 is 5.83. The first kappa shape index (κ1) is 9.59. The summed E-state index contributed by atoms with van der Waals surface area (Å²) in [4.78, 5) is 6.34. The molecule has 1 heterocycles. The topological polar surface area (TPSA) is 42.1 Å². The number of nitrogens with two attached hydrogens (primary N) is 1. The fraction of sp³-hybridized carbons (Fsp3) is 0.500. The van der Waals surface area contributed by atoms with Gasteiger partial charge in [0.15, 0.2) is 0 Å². The predicted octanol–water partition coefficient (Wildman–Crippen LogP) is 2.16. The van der Waals surface area contributed by atoms with Gasteiger partial charge >= 0.3 is 0 Å². The SMILES string of the molecule is CN(CC1CC1)c1cc(N)cc(Cl)n1. The second kappa shape index (κ2) is 3.65. The van der Waals surface area contributed by atoms with Gasteiger partial charge in [-0.3, -0.25) is 0 Å². The molecule has 0 spiro atoms. The number of anilines is 2. The number of hydrogen-bond donors (Lipinski definition) is 1. The van der Waals surface area contributed by atoms with E-state index in [0.29, 0.717) is 10.8 Å². The molecule has 0 radical (unpaired) electrons. The van der Waals surface area contributed by atoms with Crippen molar-refractivity contribution in [1.29, 1.82) is 0 Å². The lowest BCUT2D eigenvalue weighted by Gasteiger charge is -2.18. The highest BCUT2D eigenvalue weighted by molar-refractivity contribution is 6.29. The molecule has 0 aromatic carbocycles. The van der Waals surface area contributed by atoms with Crippen LogP contribution in [0.15, 0.2) is 12.1 Å². The van der Waals surface area contributed by atoms with Crippen LogP contribution in [0.1, 0.15) is 12.8 Å². The van der Waals surface area contributed by atoms with Gasteiger partial charge in [0.05, 0.1) is 0 Å². The van der Waals surface area contributed by atoms with Crippen molar-refractivity contribution in [3.8, 4) is 0 Å². The van der Waals surface area contributed by atoms with E-state index in [1.165, 1.54) is 12.8 Å². The third-order valence-corrected chi connectivity index (χ3v) is 2.62. The zero-order valence-electron chi connectivity index (χ0n) is 8.20. The summed E-state index contributed by atoms with van der Waals surface area (Å²) in [6, 6.07) is 3.52. The van der Waals surface area contributed by atoms with E-state index in [1.54, 1.807) is 6.07 Å². The van der Waals surface area contributed by atoms with Crippen molar-refractivity contribution in [3.05, 3.63) is 17.3 Å². The fourth-order valence-electron chi connectivity index (χ4n) is 1.48. The van der Waals surface area contributed by atoms with Crippen molar-refractivity contribution < 1.29 is 0 Å². The minimum absolute atomic E-state index is 0.461. The summed E-state index contributed by atoms with van der Waals surface area (Å²) in [6.45, 7) is 1.05. The van der Waals surface area contributed by atoms with Crippen LogP contribution in [0.2, 0.25) is 5.15 Å². The van der Waals surface area contributed by atoms with Gasteiger partial charge in [-0.2, -0.15) is 0 Å². The average Bonchev–Trinajstić information content (AvgIpc) is 2.86. The molecule has 76 valence electrons. The molecular formula is C10H14ClN3. The Morgan fingerprint density at radius 1 is 1.57 bits per heavy atom. The summed E-state index contributed by atoms with van der Waals surface area (Å²) in [5.41, 5.74) is 6.36. The molecule has 1 aliphatic rings. The van der Waals surface area contributed by atoms with Crippen LogP contribution in [0, 0.1) is 5.92 Å². The highest BCUT2D eigenvalue weighted by Crippen LogP contribution is 2.31. The second-order valence-corrected chi connectivity index (χ2v) is 4.29. The minimum Gasteiger partial charge on any atom is -0.399 e. The standard InChI is InChI=1S/C10H14ClN3/c1-14(6-7-2-3-7)10-5-8(12)4-9(11)13-10/h4-5,7H,2-3,6H2,1H3,(H2,12,13). The van der Waals surface area contributed by atoms with E-state index >= 15 is 0 Å². The van der Waals surface area contributed by atoms with Crippen LogP contribution in [0.3, 0.4) is 0 Å². The van der Waals surface area contributed by atoms with E-state index in [9.17, 15) is 0 Å². The quantitative estimate of drug-likeness (QED) is 0.780. The molecule has 1 aromatic heterocycles. The maximum Gasteiger partial charge on any atom is 0.133 e. The molecule has 0 aliphatic heterocycles. The highest BCUT2D eigenvalue weighted by Gasteiger charge is 2.23. The Kier molecular flexibility index (Phi) is 2.50. The first-order valence-corrected chi connectivity index (χ1v) is 5.17. The molecule has 4 heteroatoms. The average molecular weight is 212 g/mol. The molecule has 1 aromatic rings. The van der Waals surface area contributed by atoms with Gasteiger partial charge in [-0.1, -0.05) is 11.6 Å². The molecule has 0 bridgehead atoms. The van der Waals surface area contributed by atoms with E-state index in [4.69, 9.17) is 17.3 Å². The Labute approximate surface area is 88.9 Å². The molecule has 1 fully saturated rings. The van der Waals surface area contributed by atoms with Gasteiger partial charge in [0.25, 0.3) is 0 Å². The molecule has 0 saturated heterocycles. The number of halogens is 1. The largest absolute Gasteiger partial charge is 0.399 e. The molecule has 3 nitrogen and oxygen atoms in total. The van der Waals surface area contributed by atoms with E-state index < -0.39 is 0 Å². The van der Waals surface area contributed by atoms with Crippen molar-refractivity contribution in [1.82, 2.24) is 4.98 Å². The predicted molar refractivity (Wildman–Crippen MR) is 59.7 cm³/mol. The molecule has 1 saturated carbocycles. The monoisotopic (exact) mass is 211 g/mol. The summed E-state index contributed by atoms with van der Waals surface area (Å²) in [7, 11) is 2.02. The van der Waals surface area contributed by atoms with Gasteiger partial charge in [0.1, 0.15) is 11.0 Å². The van der Waals surface area contributed by atoms with Crippen LogP contribution in [-0.4, -0.2) is 18.6 Å². The van der Waals surface area contributed by atoms with Crippen LogP contribution >= 0.6 is 11.6 Å². The van der Waals surface area contributed by atoms with E-state index in [1.807, 2.05) is 13.1 Å². The van der Waals surface area contributed by atoms with E-state index in [-0.39, 0.29) is 0 Å². The maximum absolute atomic E-state index is 5.83. The lowest BCUT2D eigenvalue weighted by molar-refractivity contribution is 0.777. The second-order valence-electron chi connectivity index (χ2n) is 3.91. The van der Waals surface area contributed by atoms with E-state index in [2.05, 4.69) is 9.88 Å². The summed E-state index contributed by atoms with van der Waals surface area (Å²) in [5.74, 6) is 1.70. The van der Waals surface area contributed by atoms with Crippen molar-refractivity contribution in [2.45, 2.75) is 12.8 Å². The number of pyridine rings is 1. The molecular weight excluding hydrogens is 198 g/mol. The van der Waals surface area contributed by atoms with Crippen LogP contribution in [0.4, 0.5) is 11.5 Å². The highest BCUT2D eigenvalue weighted by atomic mass is 35.5. The Balaban J connectivity index is 2.12. The molecule has 2 N–H and O–H groups in total. The molecule has 14 heavy (non-hydrogen) atoms. The van der Waals surface area contributed by atoms with Gasteiger partial charge in [-0.15, -0.1) is 0 Å². The lowest BCUT2D eigenvalue weighted by atomic mass is 10.3. The maximum atomic E-state index is 5.83. The van der Waals surface area contributed by atoms with Gasteiger partial charge < -0.3 is 10.6 Å². The summed E-state index contributed by atoms with van der Waals surface area (Å²) < 4.78 is 0. The van der Waals surface area contributed by atoms with Gasteiger partial charge in [-0.25, -0.2) is 4.98 Å². The van der Waals surface area contributed by atoms with Crippen molar-refractivity contribution in [2.24, 2.45) is 5.92 Å². The summed E-state index contributed by atoms with van der Waals surface area (Å²) in [5, 5.41) is 0.461. The fourth-order valence-corrected chi connectivity index (χ4v) is 1.69. The third kappa shape index (κ3) is 2.29. The Morgan fingerprint density at radius 3 is 2.86 bits per heavy atom. The normalized spacial score (nSPS) is 15.6.